The third-order valence-electron chi connectivity index (χ3n) is 3.56. The van der Waals surface area contributed by atoms with E-state index in [9.17, 15) is 4.79 Å². The van der Waals surface area contributed by atoms with Crippen molar-refractivity contribution in [2.75, 3.05) is 0 Å². The van der Waals surface area contributed by atoms with E-state index in [1.807, 2.05) is 25.5 Å². The Bertz CT molecular complexity index is 645. The zero-order chi connectivity index (χ0) is 15.6. The Hall–Kier alpha value is -2.24. The Morgan fingerprint density at radius 2 is 1.90 bits per heavy atom. The van der Waals surface area contributed by atoms with E-state index in [0.717, 1.165) is 23.5 Å². The van der Waals surface area contributed by atoms with E-state index >= 15 is 0 Å². The molecule has 2 rings (SSSR count). The Morgan fingerprint density at radius 1 is 1.29 bits per heavy atom. The first-order valence-electron chi connectivity index (χ1n) is 7.07. The molecule has 0 bridgehead atoms. The lowest BCUT2D eigenvalue weighted by atomic mass is 10.1. The predicted octanol–water partition coefficient (Wildman–Crippen LogP) is 2.11. The quantitative estimate of drug-likeness (QED) is 0.934. The number of hydrogen-bond donors (Lipinski definition) is 1. The van der Waals surface area contributed by atoms with Crippen molar-refractivity contribution in [2.24, 2.45) is 0 Å². The molecule has 1 N–H and O–H groups in total. The van der Waals surface area contributed by atoms with Crippen LogP contribution in [0.25, 0.3) is 0 Å². The van der Waals surface area contributed by atoms with Crippen LogP contribution >= 0.6 is 0 Å². The molecule has 1 atom stereocenters. The van der Waals surface area contributed by atoms with Gasteiger partial charge in [0.25, 0.3) is 5.91 Å². The highest BCUT2D eigenvalue weighted by Crippen LogP contribution is 2.21. The van der Waals surface area contributed by atoms with Crippen LogP contribution in [-0.2, 0) is 6.54 Å². The molecule has 0 aliphatic rings. The van der Waals surface area contributed by atoms with Crippen molar-refractivity contribution in [3.63, 3.8) is 0 Å². The molecule has 2 aromatic heterocycles. The van der Waals surface area contributed by atoms with Crippen molar-refractivity contribution in [1.29, 1.82) is 0 Å². The van der Waals surface area contributed by atoms with Crippen LogP contribution in [-0.4, -0.2) is 25.7 Å². The average molecular weight is 287 g/mol. The highest BCUT2D eigenvalue weighted by atomic mass is 16.1. The number of nitrogens with zero attached hydrogens (tertiary/aromatic N) is 4. The largest absolute Gasteiger partial charge is 0.345 e. The molecular formula is C15H21N5O. The van der Waals surface area contributed by atoms with Crippen molar-refractivity contribution in [2.45, 2.75) is 47.2 Å². The van der Waals surface area contributed by atoms with Gasteiger partial charge in [0, 0.05) is 30.2 Å². The van der Waals surface area contributed by atoms with E-state index in [1.165, 1.54) is 0 Å². The number of aryl methyl sites for hydroxylation is 3. The normalized spacial score (nSPS) is 12.2. The molecule has 0 saturated carbocycles. The fourth-order valence-electron chi connectivity index (χ4n) is 2.51. The third kappa shape index (κ3) is 3.09. The topological polar surface area (TPSA) is 72.7 Å². The minimum atomic E-state index is -0.175. The third-order valence-corrected chi connectivity index (χ3v) is 3.56. The van der Waals surface area contributed by atoms with Crippen LogP contribution in [0.1, 0.15) is 53.0 Å². The standard InChI is InChI=1S/C15H21N5O/c1-6-20-11(4)14(10(3)19-20)9(2)18-15(21)13-7-16-12(5)17-8-13/h7-9H,6H2,1-5H3,(H,18,21)/t9-/m0/s1. The highest BCUT2D eigenvalue weighted by molar-refractivity contribution is 5.93. The van der Waals surface area contributed by atoms with Crippen molar-refractivity contribution in [1.82, 2.24) is 25.1 Å². The van der Waals surface area contributed by atoms with Crippen LogP contribution < -0.4 is 5.32 Å². The van der Waals surface area contributed by atoms with Gasteiger partial charge >= 0.3 is 0 Å². The molecule has 6 heteroatoms. The number of nitrogens with one attached hydrogen (secondary N) is 1. The van der Waals surface area contributed by atoms with Crippen LogP contribution in [0.2, 0.25) is 0 Å². The van der Waals surface area contributed by atoms with Gasteiger partial charge < -0.3 is 5.32 Å². The fourth-order valence-corrected chi connectivity index (χ4v) is 2.51. The lowest BCUT2D eigenvalue weighted by Gasteiger charge is -2.15. The average Bonchev–Trinajstić information content (AvgIpc) is 2.73. The molecule has 21 heavy (non-hydrogen) atoms. The summed E-state index contributed by atoms with van der Waals surface area (Å²) in [6.45, 7) is 10.6. The predicted molar refractivity (Wildman–Crippen MR) is 80.0 cm³/mol. The summed E-state index contributed by atoms with van der Waals surface area (Å²) in [5, 5.41) is 7.46. The summed E-state index contributed by atoms with van der Waals surface area (Å²) in [6, 6.07) is -0.112. The molecule has 0 saturated heterocycles. The molecule has 0 aromatic carbocycles. The van der Waals surface area contributed by atoms with E-state index < -0.39 is 0 Å². The summed E-state index contributed by atoms with van der Waals surface area (Å²) in [4.78, 5) is 20.3. The second-order valence-corrected chi connectivity index (χ2v) is 5.11. The van der Waals surface area contributed by atoms with Crippen LogP contribution in [0.4, 0.5) is 0 Å². The zero-order valence-corrected chi connectivity index (χ0v) is 13.1. The Balaban J connectivity index is 2.18. The molecule has 0 aliphatic heterocycles. The van der Waals surface area contributed by atoms with Crippen molar-refractivity contribution < 1.29 is 4.79 Å². The molecule has 6 nitrogen and oxygen atoms in total. The number of amides is 1. The summed E-state index contributed by atoms with van der Waals surface area (Å²) in [5.74, 6) is 0.473. The van der Waals surface area contributed by atoms with E-state index in [2.05, 4.69) is 27.3 Å². The van der Waals surface area contributed by atoms with Gasteiger partial charge in [0.2, 0.25) is 0 Å². The summed E-state index contributed by atoms with van der Waals surface area (Å²) in [6.07, 6.45) is 3.08. The summed E-state index contributed by atoms with van der Waals surface area (Å²) in [5.41, 5.74) is 3.56. The van der Waals surface area contributed by atoms with Gasteiger partial charge in [0.15, 0.2) is 0 Å². The Morgan fingerprint density at radius 3 is 2.43 bits per heavy atom. The van der Waals surface area contributed by atoms with Crippen LogP contribution in [0.5, 0.6) is 0 Å². The van der Waals surface area contributed by atoms with Gasteiger partial charge in [0.1, 0.15) is 5.82 Å². The van der Waals surface area contributed by atoms with Gasteiger partial charge in [-0.1, -0.05) is 0 Å². The highest BCUT2D eigenvalue weighted by Gasteiger charge is 2.19. The molecule has 0 fully saturated rings. The molecule has 0 radical (unpaired) electrons. The van der Waals surface area contributed by atoms with Gasteiger partial charge in [-0.2, -0.15) is 5.10 Å². The number of aromatic nitrogens is 4. The first kappa shape index (κ1) is 15.2. The maximum absolute atomic E-state index is 12.2. The number of rotatable bonds is 4. The molecular weight excluding hydrogens is 266 g/mol. The van der Waals surface area contributed by atoms with Crippen LogP contribution in [0.3, 0.4) is 0 Å². The van der Waals surface area contributed by atoms with Crippen molar-refractivity contribution in [3.8, 4) is 0 Å². The fraction of sp³-hybridized carbons (Fsp3) is 0.467. The zero-order valence-electron chi connectivity index (χ0n) is 13.1. The number of carbonyl (C=O) groups is 1. The smallest absolute Gasteiger partial charge is 0.254 e. The van der Waals surface area contributed by atoms with E-state index in [0.29, 0.717) is 11.4 Å². The molecule has 2 aromatic rings. The molecule has 2 heterocycles. The molecule has 0 unspecified atom stereocenters. The summed E-state index contributed by atoms with van der Waals surface area (Å²) >= 11 is 0. The molecule has 112 valence electrons. The van der Waals surface area contributed by atoms with Gasteiger partial charge in [0.05, 0.1) is 17.3 Å². The van der Waals surface area contributed by atoms with Crippen molar-refractivity contribution in [3.05, 3.63) is 40.7 Å². The molecule has 0 spiro atoms. The van der Waals surface area contributed by atoms with Gasteiger partial charge in [-0.05, 0) is 34.6 Å². The second kappa shape index (κ2) is 6.03. The van der Waals surface area contributed by atoms with Crippen LogP contribution in [0.15, 0.2) is 12.4 Å². The van der Waals surface area contributed by atoms with E-state index in [-0.39, 0.29) is 11.9 Å². The van der Waals surface area contributed by atoms with Gasteiger partial charge in [-0.3, -0.25) is 9.48 Å². The van der Waals surface area contributed by atoms with Crippen molar-refractivity contribution >= 4 is 5.91 Å². The SMILES string of the molecule is CCn1nc(C)c([C@H](C)NC(=O)c2cnc(C)nc2)c1C. The summed E-state index contributed by atoms with van der Waals surface area (Å²) in [7, 11) is 0. The number of hydrogen-bond acceptors (Lipinski definition) is 4. The monoisotopic (exact) mass is 287 g/mol. The maximum atomic E-state index is 12.2. The minimum Gasteiger partial charge on any atom is -0.345 e. The first-order valence-corrected chi connectivity index (χ1v) is 7.07. The summed E-state index contributed by atoms with van der Waals surface area (Å²) < 4.78 is 1.95. The van der Waals surface area contributed by atoms with E-state index in [1.54, 1.807) is 19.3 Å². The van der Waals surface area contributed by atoms with E-state index in [4.69, 9.17) is 0 Å². The number of carbonyl (C=O) groups excluding carboxylic acids is 1. The molecule has 1 amide bonds. The lowest BCUT2D eigenvalue weighted by molar-refractivity contribution is 0.0939. The first-order chi connectivity index (χ1) is 9.93. The van der Waals surface area contributed by atoms with Gasteiger partial charge in [-0.25, -0.2) is 9.97 Å². The second-order valence-electron chi connectivity index (χ2n) is 5.11. The maximum Gasteiger partial charge on any atom is 0.254 e. The van der Waals surface area contributed by atoms with Gasteiger partial charge in [-0.15, -0.1) is 0 Å². The Kier molecular flexibility index (Phi) is 4.35. The molecule has 0 aliphatic carbocycles. The lowest BCUT2D eigenvalue weighted by Crippen LogP contribution is -2.27. The van der Waals surface area contributed by atoms with Crippen LogP contribution in [0, 0.1) is 20.8 Å². The minimum absolute atomic E-state index is 0.112. The Labute approximate surface area is 124 Å².